The number of H-pyrrole nitrogens is 1. The summed E-state index contributed by atoms with van der Waals surface area (Å²) in [5.41, 5.74) is 7.20. The van der Waals surface area contributed by atoms with Crippen molar-refractivity contribution in [2.45, 2.75) is 13.5 Å². The number of nitrogens with one attached hydrogen (secondary N) is 3. The van der Waals surface area contributed by atoms with E-state index >= 15 is 0 Å². The summed E-state index contributed by atoms with van der Waals surface area (Å²) in [7, 11) is 0. The molecule has 0 radical (unpaired) electrons. The van der Waals surface area contributed by atoms with E-state index in [1.807, 2.05) is 31.2 Å². The van der Waals surface area contributed by atoms with Crippen molar-refractivity contribution in [1.29, 1.82) is 0 Å². The molecule has 0 bridgehead atoms. The van der Waals surface area contributed by atoms with Crippen LogP contribution in [0.15, 0.2) is 29.1 Å². The fraction of sp³-hybridized carbons (Fsp3) is 0.154. The molecule has 0 aliphatic rings. The molecule has 104 valence electrons. The highest BCUT2D eigenvalue weighted by atomic mass is 16.1. The Hall–Kier alpha value is -2.83. The minimum Gasteiger partial charge on any atom is -0.369 e. The first-order valence-electron chi connectivity index (χ1n) is 5.99. The van der Waals surface area contributed by atoms with Crippen LogP contribution >= 0.6 is 0 Å². The zero-order chi connectivity index (χ0) is 14.5. The summed E-state index contributed by atoms with van der Waals surface area (Å²) >= 11 is 0. The zero-order valence-corrected chi connectivity index (χ0v) is 10.9. The molecule has 5 N–H and O–H groups in total. The first-order chi connectivity index (χ1) is 9.60. The molecule has 7 heteroatoms. The van der Waals surface area contributed by atoms with Crippen LogP contribution in [-0.4, -0.2) is 16.4 Å². The van der Waals surface area contributed by atoms with Gasteiger partial charge in [0.1, 0.15) is 5.69 Å². The van der Waals surface area contributed by atoms with Crippen LogP contribution in [0.1, 0.15) is 11.1 Å². The zero-order valence-electron chi connectivity index (χ0n) is 10.9. The first kappa shape index (κ1) is 13.6. The van der Waals surface area contributed by atoms with Gasteiger partial charge in [-0.15, -0.1) is 0 Å². The number of carbonyl (C=O) groups is 1. The molecule has 0 saturated heterocycles. The molecule has 2 rings (SSSR count). The predicted molar refractivity (Wildman–Crippen MR) is 77.5 cm³/mol. The van der Waals surface area contributed by atoms with Gasteiger partial charge in [-0.05, 0) is 12.5 Å². The lowest BCUT2D eigenvalue weighted by molar-refractivity contribution is -0.105. The Bertz CT molecular complexity index is 681. The third-order valence-electron chi connectivity index (χ3n) is 2.68. The number of aryl methyl sites for hydroxylation is 1. The van der Waals surface area contributed by atoms with Gasteiger partial charge in [0.2, 0.25) is 12.4 Å². The van der Waals surface area contributed by atoms with Gasteiger partial charge in [0.05, 0.1) is 0 Å². The summed E-state index contributed by atoms with van der Waals surface area (Å²) in [5.74, 6) is 0.220. The summed E-state index contributed by atoms with van der Waals surface area (Å²) in [6, 6.07) is 7.89. The van der Waals surface area contributed by atoms with Gasteiger partial charge in [-0.2, -0.15) is 4.98 Å². The van der Waals surface area contributed by atoms with Crippen molar-refractivity contribution < 1.29 is 4.79 Å². The first-order valence-corrected chi connectivity index (χ1v) is 5.99. The van der Waals surface area contributed by atoms with E-state index in [0.29, 0.717) is 13.0 Å². The Morgan fingerprint density at radius 3 is 2.95 bits per heavy atom. The number of aromatic nitrogens is 2. The summed E-state index contributed by atoms with van der Waals surface area (Å²) in [5, 5.41) is 5.31. The van der Waals surface area contributed by atoms with Crippen LogP contribution in [0.2, 0.25) is 0 Å². The molecular formula is C13H15N5O2. The van der Waals surface area contributed by atoms with Crippen molar-refractivity contribution in [3.05, 3.63) is 45.7 Å². The standard InChI is InChI=1S/C13H15N5O2/c1-8-3-2-4-9(5-8)6-15-11-10(16-7-19)12(20)18-13(14)17-11/h2-5,7H,6H2,1H3,(H,16,19)(H4,14,15,17,18,20). The van der Waals surface area contributed by atoms with E-state index in [2.05, 4.69) is 20.6 Å². The average molecular weight is 273 g/mol. The van der Waals surface area contributed by atoms with Crippen molar-refractivity contribution in [1.82, 2.24) is 9.97 Å². The lowest BCUT2D eigenvalue weighted by Gasteiger charge is -2.10. The summed E-state index contributed by atoms with van der Waals surface area (Å²) < 4.78 is 0. The second-order valence-electron chi connectivity index (χ2n) is 4.28. The van der Waals surface area contributed by atoms with Crippen molar-refractivity contribution in [3.8, 4) is 0 Å². The molecule has 0 aliphatic carbocycles. The van der Waals surface area contributed by atoms with Crippen LogP contribution < -0.4 is 21.9 Å². The molecule has 7 nitrogen and oxygen atoms in total. The molecule has 0 fully saturated rings. The minimum atomic E-state index is -0.503. The fourth-order valence-corrected chi connectivity index (χ4v) is 1.82. The molecule has 1 heterocycles. The average Bonchev–Trinajstić information content (AvgIpc) is 2.40. The maximum Gasteiger partial charge on any atom is 0.278 e. The van der Waals surface area contributed by atoms with Gasteiger partial charge < -0.3 is 16.4 Å². The number of rotatable bonds is 5. The Morgan fingerprint density at radius 1 is 1.45 bits per heavy atom. The van der Waals surface area contributed by atoms with E-state index < -0.39 is 5.56 Å². The van der Waals surface area contributed by atoms with E-state index in [4.69, 9.17) is 5.73 Å². The number of hydrogen-bond acceptors (Lipinski definition) is 5. The fourth-order valence-electron chi connectivity index (χ4n) is 1.82. The number of benzene rings is 1. The van der Waals surface area contributed by atoms with Crippen LogP contribution in [0.5, 0.6) is 0 Å². The van der Waals surface area contributed by atoms with Crippen molar-refractivity contribution in [2.75, 3.05) is 16.4 Å². The van der Waals surface area contributed by atoms with Crippen molar-refractivity contribution in [3.63, 3.8) is 0 Å². The molecule has 0 spiro atoms. The normalized spacial score (nSPS) is 10.1. The Morgan fingerprint density at radius 2 is 2.25 bits per heavy atom. The van der Waals surface area contributed by atoms with Crippen molar-refractivity contribution in [2.24, 2.45) is 0 Å². The second kappa shape index (κ2) is 5.87. The van der Waals surface area contributed by atoms with Gasteiger partial charge in [0.25, 0.3) is 5.56 Å². The third-order valence-corrected chi connectivity index (χ3v) is 2.68. The summed E-state index contributed by atoms with van der Waals surface area (Å²) in [6.07, 6.45) is 0.417. The molecule has 0 atom stereocenters. The largest absolute Gasteiger partial charge is 0.369 e. The van der Waals surface area contributed by atoms with Crippen LogP contribution in [0.3, 0.4) is 0 Å². The minimum absolute atomic E-state index is 0.0156. The smallest absolute Gasteiger partial charge is 0.278 e. The SMILES string of the molecule is Cc1cccc(CNc2nc(N)[nH]c(=O)c2NC=O)c1. The number of aromatic amines is 1. The van der Waals surface area contributed by atoms with E-state index in [0.717, 1.165) is 11.1 Å². The second-order valence-corrected chi connectivity index (χ2v) is 4.28. The van der Waals surface area contributed by atoms with Crippen LogP contribution in [0.4, 0.5) is 17.5 Å². The summed E-state index contributed by atoms with van der Waals surface area (Å²) in [4.78, 5) is 28.5. The maximum atomic E-state index is 11.7. The number of nitrogen functional groups attached to an aromatic ring is 1. The van der Waals surface area contributed by atoms with E-state index in [1.165, 1.54) is 0 Å². The third kappa shape index (κ3) is 3.14. The molecule has 1 amide bonds. The van der Waals surface area contributed by atoms with Gasteiger partial charge in [-0.1, -0.05) is 29.8 Å². The Labute approximate surface area is 115 Å². The molecule has 0 saturated carbocycles. The molecule has 0 aliphatic heterocycles. The number of carbonyl (C=O) groups excluding carboxylic acids is 1. The van der Waals surface area contributed by atoms with E-state index in [9.17, 15) is 9.59 Å². The number of hydrogen-bond donors (Lipinski definition) is 4. The number of amides is 1. The molecule has 1 aromatic carbocycles. The van der Waals surface area contributed by atoms with Crippen molar-refractivity contribution >= 4 is 23.9 Å². The topological polar surface area (TPSA) is 113 Å². The van der Waals surface area contributed by atoms with Gasteiger partial charge in [-0.3, -0.25) is 14.6 Å². The van der Waals surface area contributed by atoms with E-state index in [-0.39, 0.29) is 17.5 Å². The highest BCUT2D eigenvalue weighted by Crippen LogP contribution is 2.15. The van der Waals surface area contributed by atoms with Crippen LogP contribution in [-0.2, 0) is 11.3 Å². The number of nitrogens with zero attached hydrogens (tertiary/aromatic N) is 1. The highest BCUT2D eigenvalue weighted by molar-refractivity contribution is 5.78. The monoisotopic (exact) mass is 273 g/mol. The summed E-state index contributed by atoms with van der Waals surface area (Å²) in [6.45, 7) is 2.46. The van der Waals surface area contributed by atoms with Crippen LogP contribution in [0.25, 0.3) is 0 Å². The molecular weight excluding hydrogens is 258 g/mol. The molecule has 1 aromatic heterocycles. The molecule has 20 heavy (non-hydrogen) atoms. The quantitative estimate of drug-likeness (QED) is 0.603. The van der Waals surface area contributed by atoms with Gasteiger partial charge in [-0.25, -0.2) is 0 Å². The maximum absolute atomic E-state index is 11.7. The molecule has 2 aromatic rings. The Balaban J connectivity index is 2.24. The lowest BCUT2D eigenvalue weighted by atomic mass is 10.1. The highest BCUT2D eigenvalue weighted by Gasteiger charge is 2.09. The number of nitrogens with two attached hydrogens (primary N) is 1. The molecule has 0 unspecified atom stereocenters. The Kier molecular flexibility index (Phi) is 3.99. The van der Waals surface area contributed by atoms with Gasteiger partial charge >= 0.3 is 0 Å². The van der Waals surface area contributed by atoms with E-state index in [1.54, 1.807) is 0 Å². The lowest BCUT2D eigenvalue weighted by Crippen LogP contribution is -2.19. The predicted octanol–water partition coefficient (Wildman–Crippen LogP) is 0.841. The van der Waals surface area contributed by atoms with Gasteiger partial charge in [0.15, 0.2) is 5.82 Å². The van der Waals surface area contributed by atoms with Gasteiger partial charge in [0, 0.05) is 6.54 Å². The number of anilines is 3. The van der Waals surface area contributed by atoms with Crippen LogP contribution in [0, 0.1) is 6.92 Å².